The smallest absolute Gasteiger partial charge is 0.105 e. The van der Waals surface area contributed by atoms with E-state index in [0.29, 0.717) is 12.3 Å². The van der Waals surface area contributed by atoms with Crippen molar-refractivity contribution in [2.24, 2.45) is 17.3 Å². The maximum atomic E-state index is 11.2. The maximum absolute atomic E-state index is 11.2. The monoisotopic (exact) mass is 487 g/mol. The van der Waals surface area contributed by atoms with E-state index in [1.165, 1.54) is 11.1 Å². The van der Waals surface area contributed by atoms with E-state index in [1.807, 2.05) is 25.1 Å². The zero-order valence-corrected chi connectivity index (χ0v) is 21.8. The summed E-state index contributed by atoms with van der Waals surface area (Å²) in [4.78, 5) is 2.02. The molecule has 1 fully saturated rings. The Morgan fingerprint density at radius 1 is 1.19 bits per heavy atom. The summed E-state index contributed by atoms with van der Waals surface area (Å²) in [6.45, 7) is 6.82. The van der Waals surface area contributed by atoms with Gasteiger partial charge in [-0.15, -0.1) is 0 Å². The first kappa shape index (κ1) is 24.0. The molecule has 1 aromatic carbocycles. The number of aliphatic hydroxyl groups is 2. The molecule has 2 aromatic rings. The second-order valence-electron chi connectivity index (χ2n) is 11.7. The second-order valence-corrected chi connectivity index (χ2v) is 11.7. The number of rotatable bonds is 3. The van der Waals surface area contributed by atoms with E-state index < -0.39 is 17.8 Å². The lowest BCUT2D eigenvalue weighted by Gasteiger charge is -2.56. The SMILES string of the molecule is CCC12CC(N(C)C)C(O)C(O)C1=CC1=CC(C)C3(C)C(c4ccc5ccnnc5c4)=CCC3C1O2. The van der Waals surface area contributed by atoms with Crippen molar-refractivity contribution in [3.63, 3.8) is 0 Å². The molecule has 0 spiro atoms. The fraction of sp³-hybridized carbons (Fsp3) is 0.533. The van der Waals surface area contributed by atoms with E-state index in [1.54, 1.807) is 6.20 Å². The minimum Gasteiger partial charge on any atom is -0.388 e. The highest BCUT2D eigenvalue weighted by Crippen LogP contribution is 2.61. The Morgan fingerprint density at radius 3 is 2.75 bits per heavy atom. The van der Waals surface area contributed by atoms with Gasteiger partial charge in [-0.1, -0.05) is 51.1 Å². The molecule has 0 amide bonds. The molecule has 2 heterocycles. The highest BCUT2D eigenvalue weighted by atomic mass is 16.5. The van der Waals surface area contributed by atoms with Crippen molar-refractivity contribution in [3.05, 3.63) is 65.4 Å². The Balaban J connectivity index is 1.41. The first-order valence-corrected chi connectivity index (χ1v) is 13.3. The van der Waals surface area contributed by atoms with Crippen LogP contribution in [0, 0.1) is 17.3 Å². The summed E-state index contributed by atoms with van der Waals surface area (Å²) >= 11 is 0. The first-order chi connectivity index (χ1) is 17.2. The molecule has 3 aliphatic carbocycles. The minimum absolute atomic E-state index is 0.0471. The molecule has 0 saturated heterocycles. The van der Waals surface area contributed by atoms with Crippen LogP contribution in [0.4, 0.5) is 0 Å². The fourth-order valence-electron chi connectivity index (χ4n) is 7.49. The Labute approximate surface area is 213 Å². The molecule has 4 aliphatic rings. The molecule has 1 aromatic heterocycles. The Morgan fingerprint density at radius 2 is 2.00 bits per heavy atom. The number of likely N-dealkylation sites (N-methyl/N-ethyl adjacent to an activating group) is 1. The third-order valence-electron chi connectivity index (χ3n) is 9.85. The summed E-state index contributed by atoms with van der Waals surface area (Å²) in [7, 11) is 3.93. The predicted molar refractivity (Wildman–Crippen MR) is 141 cm³/mol. The third-order valence-corrected chi connectivity index (χ3v) is 9.85. The highest BCUT2D eigenvalue weighted by molar-refractivity contribution is 5.84. The quantitative estimate of drug-likeness (QED) is 0.677. The number of allylic oxidation sites excluding steroid dienone is 3. The van der Waals surface area contributed by atoms with Crippen LogP contribution < -0.4 is 0 Å². The molecule has 190 valence electrons. The van der Waals surface area contributed by atoms with Gasteiger partial charge in [-0.25, -0.2) is 0 Å². The van der Waals surface area contributed by atoms with Gasteiger partial charge in [0.05, 0.1) is 29.5 Å². The Hall–Kier alpha value is -2.38. The van der Waals surface area contributed by atoms with Crippen molar-refractivity contribution >= 4 is 16.5 Å². The van der Waals surface area contributed by atoms with Crippen LogP contribution in [-0.4, -0.2) is 69.4 Å². The molecular formula is C30H37N3O3. The van der Waals surface area contributed by atoms with Crippen LogP contribution in [-0.2, 0) is 4.74 Å². The van der Waals surface area contributed by atoms with Crippen LogP contribution in [0.25, 0.3) is 16.5 Å². The summed E-state index contributed by atoms with van der Waals surface area (Å²) in [5, 5.41) is 31.6. The number of hydrogen-bond donors (Lipinski definition) is 2. The van der Waals surface area contributed by atoms with Crippen LogP contribution in [0.1, 0.15) is 45.6 Å². The molecule has 1 saturated carbocycles. The van der Waals surface area contributed by atoms with Gasteiger partial charge in [0.15, 0.2) is 0 Å². The number of aromatic nitrogens is 2. The number of benzene rings is 1. The molecule has 8 atom stereocenters. The Bertz CT molecular complexity index is 1300. The zero-order valence-electron chi connectivity index (χ0n) is 21.8. The van der Waals surface area contributed by atoms with Crippen molar-refractivity contribution < 1.29 is 14.9 Å². The fourth-order valence-corrected chi connectivity index (χ4v) is 7.49. The summed E-state index contributed by atoms with van der Waals surface area (Å²) < 4.78 is 7.12. The molecule has 8 unspecified atom stereocenters. The number of hydrogen-bond acceptors (Lipinski definition) is 6. The van der Waals surface area contributed by atoms with Crippen LogP contribution in [0.2, 0.25) is 0 Å². The van der Waals surface area contributed by atoms with E-state index in [4.69, 9.17) is 4.74 Å². The van der Waals surface area contributed by atoms with Gasteiger partial charge in [0.1, 0.15) is 6.10 Å². The zero-order chi connectivity index (χ0) is 25.4. The van der Waals surface area contributed by atoms with Crippen molar-refractivity contribution in [3.8, 4) is 0 Å². The van der Waals surface area contributed by atoms with Crippen LogP contribution in [0.5, 0.6) is 0 Å². The average Bonchev–Trinajstić information content (AvgIpc) is 3.24. The van der Waals surface area contributed by atoms with E-state index in [0.717, 1.165) is 34.9 Å². The van der Waals surface area contributed by atoms with Crippen molar-refractivity contribution in [1.29, 1.82) is 0 Å². The predicted octanol–water partition coefficient (Wildman–Crippen LogP) is 4.15. The van der Waals surface area contributed by atoms with E-state index >= 15 is 0 Å². The number of nitrogens with zero attached hydrogens (tertiary/aromatic N) is 3. The molecule has 36 heavy (non-hydrogen) atoms. The summed E-state index contributed by atoms with van der Waals surface area (Å²) in [6, 6.07) is 8.36. The van der Waals surface area contributed by atoms with Gasteiger partial charge < -0.3 is 19.8 Å². The second kappa shape index (κ2) is 8.32. The lowest BCUT2D eigenvalue weighted by molar-refractivity contribution is -0.159. The van der Waals surface area contributed by atoms with Crippen LogP contribution in [0.15, 0.2) is 59.8 Å². The summed E-state index contributed by atoms with van der Waals surface area (Å²) in [5.41, 5.74) is 4.82. The molecular weight excluding hydrogens is 450 g/mol. The lowest BCUT2D eigenvalue weighted by atomic mass is 9.58. The average molecular weight is 488 g/mol. The van der Waals surface area contributed by atoms with Gasteiger partial charge in [-0.2, -0.15) is 10.2 Å². The van der Waals surface area contributed by atoms with Gasteiger partial charge in [0, 0.05) is 22.8 Å². The molecule has 1 aliphatic heterocycles. The number of ether oxygens (including phenoxy) is 1. The van der Waals surface area contributed by atoms with Gasteiger partial charge in [-0.3, -0.25) is 0 Å². The van der Waals surface area contributed by atoms with Crippen LogP contribution in [0.3, 0.4) is 0 Å². The standard InChI is InChI=1S/C30H37N3O3/c1-6-30-16-25(33(4)5)27(35)26(34)23(30)14-20-13-17(2)29(3)21(9-10-22(29)28(20)36-30)19-8-7-18-11-12-31-32-24(18)15-19/h7-9,11-15,17,22,25-28,34-35H,6,10,16H2,1-5H3. The van der Waals surface area contributed by atoms with E-state index in [9.17, 15) is 10.2 Å². The summed E-state index contributed by atoms with van der Waals surface area (Å²) in [5.74, 6) is 0.581. The molecule has 6 heteroatoms. The largest absolute Gasteiger partial charge is 0.388 e. The van der Waals surface area contributed by atoms with Gasteiger partial charge >= 0.3 is 0 Å². The normalized spacial score (nSPS) is 39.7. The van der Waals surface area contributed by atoms with Crippen molar-refractivity contribution in [2.75, 3.05) is 14.1 Å². The molecule has 0 bridgehead atoms. The van der Waals surface area contributed by atoms with E-state index in [-0.39, 0.29) is 23.5 Å². The Kier molecular flexibility index (Phi) is 5.54. The van der Waals surface area contributed by atoms with Crippen LogP contribution >= 0.6 is 0 Å². The highest BCUT2D eigenvalue weighted by Gasteiger charge is 2.58. The van der Waals surface area contributed by atoms with Crippen molar-refractivity contribution in [2.45, 2.75) is 70.0 Å². The lowest BCUT2D eigenvalue weighted by Crippen LogP contribution is -2.62. The number of aliphatic hydroxyl groups excluding tert-OH is 2. The van der Waals surface area contributed by atoms with E-state index in [2.05, 4.69) is 67.4 Å². The maximum Gasteiger partial charge on any atom is 0.105 e. The van der Waals surface area contributed by atoms with Gasteiger partial charge in [-0.05, 0) is 73.7 Å². The number of fused-ring (bicyclic) bond motifs is 5. The molecule has 0 radical (unpaired) electrons. The van der Waals surface area contributed by atoms with Gasteiger partial charge in [0.2, 0.25) is 0 Å². The molecule has 6 rings (SSSR count). The first-order valence-electron chi connectivity index (χ1n) is 13.3. The topological polar surface area (TPSA) is 78.7 Å². The third kappa shape index (κ3) is 3.24. The van der Waals surface area contributed by atoms with Crippen molar-refractivity contribution in [1.82, 2.24) is 15.1 Å². The van der Waals surface area contributed by atoms with Gasteiger partial charge in [0.25, 0.3) is 0 Å². The summed E-state index contributed by atoms with van der Waals surface area (Å²) in [6.07, 6.45) is 9.22. The molecule has 6 nitrogen and oxygen atoms in total. The molecule has 2 N–H and O–H groups in total. The minimum atomic E-state index is -0.924.